The highest BCUT2D eigenvalue weighted by molar-refractivity contribution is 6.35. The van der Waals surface area contributed by atoms with Crippen molar-refractivity contribution < 1.29 is 14.3 Å². The monoisotopic (exact) mass is 400 g/mol. The van der Waals surface area contributed by atoms with E-state index in [1.165, 1.54) is 19.1 Å². The molecular formula is C17H15Cl3N2O3. The zero-order valence-electron chi connectivity index (χ0n) is 13.6. The zero-order valence-corrected chi connectivity index (χ0v) is 15.8. The van der Waals surface area contributed by atoms with E-state index in [1.54, 1.807) is 29.8 Å². The third-order valence-electron chi connectivity index (χ3n) is 3.25. The molecule has 2 aromatic rings. The predicted octanol–water partition coefficient (Wildman–Crippen LogP) is 4.35. The second-order valence-electron chi connectivity index (χ2n) is 5.33. The number of hydrogen-bond acceptors (Lipinski definition) is 4. The summed E-state index contributed by atoms with van der Waals surface area (Å²) in [6, 6.07) is 5.18. The number of ether oxygens (including phenoxy) is 1. The SMILES string of the molecule is CC(=O)COC(=O)C=Cc1c(C)nn(Cc2ccc(Cl)cc2Cl)c1Cl. The summed E-state index contributed by atoms with van der Waals surface area (Å²) in [5.74, 6) is -0.859. The number of hydrogen-bond donors (Lipinski definition) is 0. The Morgan fingerprint density at radius 2 is 2.00 bits per heavy atom. The molecule has 0 atom stereocenters. The van der Waals surface area contributed by atoms with Crippen LogP contribution < -0.4 is 0 Å². The summed E-state index contributed by atoms with van der Waals surface area (Å²) in [6.45, 7) is 3.21. The number of carbonyl (C=O) groups excluding carboxylic acids is 2. The number of aryl methyl sites for hydroxylation is 1. The number of ketones is 1. The topological polar surface area (TPSA) is 61.2 Å². The van der Waals surface area contributed by atoms with Crippen LogP contribution in [0.25, 0.3) is 6.08 Å². The van der Waals surface area contributed by atoms with Crippen LogP contribution in [0.5, 0.6) is 0 Å². The van der Waals surface area contributed by atoms with Gasteiger partial charge in [-0.3, -0.25) is 4.79 Å². The van der Waals surface area contributed by atoms with Gasteiger partial charge < -0.3 is 4.74 Å². The Morgan fingerprint density at radius 3 is 2.64 bits per heavy atom. The molecule has 0 aliphatic heterocycles. The van der Waals surface area contributed by atoms with E-state index in [9.17, 15) is 9.59 Å². The Kier molecular flexibility index (Phi) is 6.64. The van der Waals surface area contributed by atoms with Gasteiger partial charge in [-0.15, -0.1) is 0 Å². The van der Waals surface area contributed by atoms with Crippen LogP contribution in [-0.2, 0) is 20.9 Å². The van der Waals surface area contributed by atoms with Crippen LogP contribution in [0.1, 0.15) is 23.7 Å². The molecule has 0 fully saturated rings. The minimum Gasteiger partial charge on any atom is -0.455 e. The van der Waals surface area contributed by atoms with Gasteiger partial charge in [0.25, 0.3) is 0 Å². The van der Waals surface area contributed by atoms with Crippen LogP contribution in [-0.4, -0.2) is 28.1 Å². The van der Waals surface area contributed by atoms with Crippen LogP contribution in [0.4, 0.5) is 0 Å². The van der Waals surface area contributed by atoms with Crippen molar-refractivity contribution in [2.75, 3.05) is 6.61 Å². The van der Waals surface area contributed by atoms with Crippen LogP contribution in [0.15, 0.2) is 24.3 Å². The quantitative estimate of drug-likeness (QED) is 0.533. The van der Waals surface area contributed by atoms with Crippen LogP contribution in [0, 0.1) is 6.92 Å². The molecule has 0 amide bonds. The van der Waals surface area contributed by atoms with Gasteiger partial charge in [0.05, 0.1) is 12.2 Å². The lowest BCUT2D eigenvalue weighted by Gasteiger charge is -2.06. The average molecular weight is 402 g/mol. The number of carbonyl (C=O) groups is 2. The molecule has 0 bridgehead atoms. The fourth-order valence-electron chi connectivity index (χ4n) is 2.04. The Balaban J connectivity index is 2.17. The Hall–Kier alpha value is -1.82. The van der Waals surface area contributed by atoms with Crippen LogP contribution in [0.2, 0.25) is 15.2 Å². The predicted molar refractivity (Wildman–Crippen MR) is 98.2 cm³/mol. The molecule has 0 spiro atoms. The van der Waals surface area contributed by atoms with E-state index in [-0.39, 0.29) is 12.4 Å². The van der Waals surface area contributed by atoms with E-state index in [1.807, 2.05) is 0 Å². The van der Waals surface area contributed by atoms with Gasteiger partial charge in [-0.25, -0.2) is 9.48 Å². The van der Waals surface area contributed by atoms with E-state index in [0.717, 1.165) is 5.56 Å². The van der Waals surface area contributed by atoms with E-state index in [0.29, 0.717) is 33.0 Å². The number of benzene rings is 1. The van der Waals surface area contributed by atoms with Crippen molar-refractivity contribution in [2.45, 2.75) is 20.4 Å². The average Bonchev–Trinajstić information content (AvgIpc) is 2.80. The first-order valence-corrected chi connectivity index (χ1v) is 8.42. The van der Waals surface area contributed by atoms with Crippen molar-refractivity contribution in [3.8, 4) is 0 Å². The molecule has 1 aromatic carbocycles. The number of halogens is 3. The van der Waals surface area contributed by atoms with Gasteiger partial charge in [0, 0.05) is 21.7 Å². The number of rotatable bonds is 6. The van der Waals surface area contributed by atoms with Gasteiger partial charge in [0.15, 0.2) is 5.78 Å². The van der Waals surface area contributed by atoms with Gasteiger partial charge in [-0.05, 0) is 37.6 Å². The minimum atomic E-state index is -0.626. The van der Waals surface area contributed by atoms with Crippen molar-refractivity contribution in [3.63, 3.8) is 0 Å². The van der Waals surface area contributed by atoms with Crippen molar-refractivity contribution in [1.29, 1.82) is 0 Å². The molecule has 8 heteroatoms. The molecule has 0 radical (unpaired) electrons. The first-order chi connectivity index (χ1) is 11.8. The normalized spacial score (nSPS) is 11.1. The van der Waals surface area contributed by atoms with Crippen LogP contribution >= 0.6 is 34.8 Å². The summed E-state index contributed by atoms with van der Waals surface area (Å²) >= 11 is 18.4. The molecule has 2 rings (SSSR count). The largest absolute Gasteiger partial charge is 0.455 e. The first-order valence-electron chi connectivity index (χ1n) is 7.29. The standard InChI is InChI=1S/C17H15Cl3N2O3/c1-10(23)9-25-16(24)6-5-14-11(2)21-22(17(14)20)8-12-3-4-13(18)7-15(12)19/h3-7H,8-9H2,1-2H3. The van der Waals surface area contributed by atoms with Crippen LogP contribution in [0.3, 0.4) is 0 Å². The molecular weight excluding hydrogens is 387 g/mol. The lowest BCUT2D eigenvalue weighted by atomic mass is 10.2. The number of nitrogens with zero attached hydrogens (tertiary/aromatic N) is 2. The highest BCUT2D eigenvalue weighted by Crippen LogP contribution is 2.26. The lowest BCUT2D eigenvalue weighted by Crippen LogP contribution is -2.08. The molecule has 0 saturated heterocycles. The van der Waals surface area contributed by atoms with Crippen molar-refractivity contribution in [2.24, 2.45) is 0 Å². The third kappa shape index (κ3) is 5.33. The number of esters is 1. The molecule has 25 heavy (non-hydrogen) atoms. The summed E-state index contributed by atoms with van der Waals surface area (Å²) < 4.78 is 6.33. The van der Waals surface area contributed by atoms with E-state index >= 15 is 0 Å². The van der Waals surface area contributed by atoms with E-state index in [4.69, 9.17) is 39.5 Å². The summed E-state index contributed by atoms with van der Waals surface area (Å²) in [5, 5.41) is 5.78. The maximum atomic E-state index is 11.6. The molecule has 0 unspecified atom stereocenters. The summed E-state index contributed by atoms with van der Waals surface area (Å²) in [4.78, 5) is 22.4. The number of Topliss-reactive ketones (excluding diaryl/α,β-unsaturated/α-hetero) is 1. The zero-order chi connectivity index (χ0) is 18.6. The third-order valence-corrected chi connectivity index (χ3v) is 4.23. The fraction of sp³-hybridized carbons (Fsp3) is 0.235. The molecule has 132 valence electrons. The second kappa shape index (κ2) is 8.52. The van der Waals surface area contributed by atoms with E-state index in [2.05, 4.69) is 5.10 Å². The van der Waals surface area contributed by atoms with Gasteiger partial charge in [0.2, 0.25) is 0 Å². The summed E-state index contributed by atoms with van der Waals surface area (Å²) in [7, 11) is 0. The van der Waals surface area contributed by atoms with E-state index < -0.39 is 5.97 Å². The van der Waals surface area contributed by atoms with Gasteiger partial charge in [-0.1, -0.05) is 40.9 Å². The Bertz CT molecular complexity index is 844. The van der Waals surface area contributed by atoms with Gasteiger partial charge in [-0.2, -0.15) is 5.10 Å². The molecule has 5 nitrogen and oxygen atoms in total. The minimum absolute atomic E-state index is 0.233. The highest BCUT2D eigenvalue weighted by atomic mass is 35.5. The smallest absolute Gasteiger partial charge is 0.331 e. The maximum Gasteiger partial charge on any atom is 0.331 e. The van der Waals surface area contributed by atoms with Gasteiger partial charge in [0.1, 0.15) is 11.8 Å². The second-order valence-corrected chi connectivity index (χ2v) is 6.53. The molecule has 1 heterocycles. The number of aromatic nitrogens is 2. The lowest BCUT2D eigenvalue weighted by molar-refractivity contribution is -0.142. The molecule has 0 saturated carbocycles. The molecule has 0 N–H and O–H groups in total. The van der Waals surface area contributed by atoms with Crippen molar-refractivity contribution >= 4 is 52.6 Å². The maximum absolute atomic E-state index is 11.6. The molecule has 0 aliphatic carbocycles. The summed E-state index contributed by atoms with van der Waals surface area (Å²) in [6.07, 6.45) is 2.71. The Morgan fingerprint density at radius 1 is 1.28 bits per heavy atom. The summed E-state index contributed by atoms with van der Waals surface area (Å²) in [5.41, 5.74) is 2.05. The molecule has 1 aromatic heterocycles. The van der Waals surface area contributed by atoms with Crippen molar-refractivity contribution in [1.82, 2.24) is 9.78 Å². The fourth-order valence-corrected chi connectivity index (χ4v) is 2.81. The van der Waals surface area contributed by atoms with Crippen molar-refractivity contribution in [3.05, 3.63) is 56.3 Å². The first kappa shape index (κ1) is 19.5. The molecule has 0 aliphatic rings. The highest BCUT2D eigenvalue weighted by Gasteiger charge is 2.13. The van der Waals surface area contributed by atoms with Gasteiger partial charge >= 0.3 is 5.97 Å². The Labute approximate surface area is 160 Å².